The summed E-state index contributed by atoms with van der Waals surface area (Å²) < 4.78 is 3.76. The van der Waals surface area contributed by atoms with Gasteiger partial charge in [-0.3, -0.25) is 14.3 Å². The quantitative estimate of drug-likeness (QED) is 0.424. The number of thioether (sulfide) groups is 2. The van der Waals surface area contributed by atoms with Gasteiger partial charge in [-0.05, 0) is 51.1 Å². The molecule has 178 valence electrons. The maximum absolute atomic E-state index is 13.2. The lowest BCUT2D eigenvalue weighted by atomic mass is 10.3. The molecule has 0 saturated heterocycles. The Kier molecular flexibility index (Phi) is 8.35. The van der Waals surface area contributed by atoms with Crippen LogP contribution in [-0.2, 0) is 6.54 Å². The highest BCUT2D eigenvalue weighted by molar-refractivity contribution is 8.03. The third-order valence-electron chi connectivity index (χ3n) is 6.09. The van der Waals surface area contributed by atoms with Gasteiger partial charge in [0.1, 0.15) is 10.4 Å². The van der Waals surface area contributed by atoms with E-state index in [2.05, 4.69) is 86.4 Å². The number of para-hydroxylation sites is 2. The minimum absolute atomic E-state index is 0. The molecule has 2 atom stereocenters. The average Bonchev–Trinajstić information content (AvgIpc) is 3.47. The van der Waals surface area contributed by atoms with E-state index in [1.165, 1.54) is 31.1 Å². The summed E-state index contributed by atoms with van der Waals surface area (Å²) in [5, 5.41) is 1.45. The van der Waals surface area contributed by atoms with Crippen LogP contribution in [0.4, 0.5) is 11.4 Å². The Balaban J connectivity index is 0.00000274. The lowest BCUT2D eigenvalue weighted by molar-refractivity contribution is -0.830. The Morgan fingerprint density at radius 1 is 0.971 bits per heavy atom. The molecule has 2 aliphatic rings. The number of halogens is 1. The van der Waals surface area contributed by atoms with Crippen LogP contribution >= 0.6 is 34.9 Å². The summed E-state index contributed by atoms with van der Waals surface area (Å²) in [6.45, 7) is 9.04. The van der Waals surface area contributed by atoms with Gasteiger partial charge in [0.2, 0.25) is 0 Å². The third kappa shape index (κ3) is 4.67. The van der Waals surface area contributed by atoms with E-state index in [0.29, 0.717) is 6.54 Å². The first-order chi connectivity index (χ1) is 16.1. The monoisotopic (exact) mass is 621 g/mol. The fourth-order valence-corrected chi connectivity index (χ4v) is 8.16. The van der Waals surface area contributed by atoms with Crippen LogP contribution in [0.25, 0.3) is 12.2 Å². The summed E-state index contributed by atoms with van der Waals surface area (Å²) in [6.07, 6.45) is 6.41. The van der Waals surface area contributed by atoms with Crippen molar-refractivity contribution in [3.8, 4) is 0 Å². The van der Waals surface area contributed by atoms with E-state index in [0.717, 1.165) is 22.3 Å². The number of aromatic nitrogens is 1. The van der Waals surface area contributed by atoms with Gasteiger partial charge in [0.05, 0.1) is 26.7 Å². The fourth-order valence-electron chi connectivity index (χ4n) is 4.47. The molecule has 2 aliphatic heterocycles. The molecule has 3 heterocycles. The van der Waals surface area contributed by atoms with Crippen LogP contribution in [0.5, 0.6) is 0 Å². The highest BCUT2D eigenvalue weighted by Crippen LogP contribution is 2.45. The molecule has 0 radical (unpaired) electrons. The molecule has 1 N–H and O–H groups in total. The van der Waals surface area contributed by atoms with Crippen molar-refractivity contribution in [1.82, 2.24) is 4.57 Å². The maximum Gasteiger partial charge on any atom is 0.269 e. The van der Waals surface area contributed by atoms with E-state index in [-0.39, 0.29) is 34.9 Å². The van der Waals surface area contributed by atoms with Gasteiger partial charge in [-0.15, -0.1) is 11.3 Å². The first-order valence-corrected chi connectivity index (χ1v) is 14.0. The van der Waals surface area contributed by atoms with E-state index in [1.807, 2.05) is 22.4 Å². The van der Waals surface area contributed by atoms with Gasteiger partial charge in [-0.1, -0.05) is 47.8 Å². The first kappa shape index (κ1) is 25.6. The zero-order valence-electron chi connectivity index (χ0n) is 19.5. The smallest absolute Gasteiger partial charge is 0.269 e. The maximum atomic E-state index is 13.2. The number of anilines is 1. The Morgan fingerprint density at radius 2 is 1.71 bits per heavy atom. The minimum atomic E-state index is 0. The molecule has 2 unspecified atom stereocenters. The van der Waals surface area contributed by atoms with Gasteiger partial charge >= 0.3 is 0 Å². The second kappa shape index (κ2) is 11.1. The van der Waals surface area contributed by atoms with Crippen LogP contribution in [-0.4, -0.2) is 23.0 Å². The van der Waals surface area contributed by atoms with Crippen molar-refractivity contribution in [2.24, 2.45) is 0 Å². The van der Waals surface area contributed by atoms with Gasteiger partial charge in [0.15, 0.2) is 5.37 Å². The number of thiazole rings is 1. The summed E-state index contributed by atoms with van der Waals surface area (Å²) in [5.74, 6) is 0. The Hall–Kier alpha value is -1.46. The van der Waals surface area contributed by atoms with Crippen LogP contribution in [0.1, 0.15) is 20.8 Å². The number of nitrogens with zero attached hydrogens (tertiary/aromatic N) is 2. The molecular formula is C26H28IN3OS3. The van der Waals surface area contributed by atoms with Crippen molar-refractivity contribution in [2.45, 2.75) is 42.5 Å². The van der Waals surface area contributed by atoms with Crippen molar-refractivity contribution in [3.63, 3.8) is 0 Å². The van der Waals surface area contributed by atoms with Crippen molar-refractivity contribution in [1.29, 1.82) is 0 Å². The lowest BCUT2D eigenvalue weighted by Crippen LogP contribution is -3.08. The van der Waals surface area contributed by atoms with E-state index < -0.39 is 0 Å². The van der Waals surface area contributed by atoms with Gasteiger partial charge in [0.25, 0.3) is 5.56 Å². The number of hydrogen-bond donors (Lipinski definition) is 1. The fraction of sp³-hybridized carbons (Fsp3) is 0.269. The van der Waals surface area contributed by atoms with Crippen LogP contribution in [0.2, 0.25) is 0 Å². The highest BCUT2D eigenvalue weighted by atomic mass is 127. The van der Waals surface area contributed by atoms with Crippen molar-refractivity contribution < 1.29 is 28.9 Å². The van der Waals surface area contributed by atoms with E-state index in [1.54, 1.807) is 23.1 Å². The second-order valence-electron chi connectivity index (χ2n) is 7.92. The predicted octanol–water partition coefficient (Wildman–Crippen LogP) is 0.637. The number of hydrogen-bond acceptors (Lipinski definition) is 5. The third-order valence-corrected chi connectivity index (χ3v) is 9.60. The molecule has 4 nitrogen and oxygen atoms in total. The van der Waals surface area contributed by atoms with Gasteiger partial charge in [0, 0.05) is 30.1 Å². The molecule has 2 aromatic carbocycles. The number of quaternary nitrogens is 1. The van der Waals surface area contributed by atoms with E-state index >= 15 is 0 Å². The molecule has 8 heteroatoms. The largest absolute Gasteiger partial charge is 1.00 e. The van der Waals surface area contributed by atoms with Crippen LogP contribution in [0, 0.1) is 0 Å². The summed E-state index contributed by atoms with van der Waals surface area (Å²) in [4.78, 5) is 19.6. The molecule has 3 aromatic rings. The van der Waals surface area contributed by atoms with Crippen LogP contribution in [0.3, 0.4) is 0 Å². The zero-order chi connectivity index (χ0) is 22.9. The van der Waals surface area contributed by atoms with E-state index in [4.69, 9.17) is 0 Å². The van der Waals surface area contributed by atoms with E-state index in [9.17, 15) is 4.79 Å². The molecule has 5 rings (SSSR count). The SMILES string of the molecule is CCN1/C(=C\C=c2/s/c(=C\C3Sc4ccccc4[NH+]3CC)n(CC)c2=O)Sc2ccccc21.[I-]. The standard InChI is InChI=1S/C26H27N3OS3.HI/c1-4-27-18-11-7-9-13-20(18)31-23(27)16-15-22-26(30)29(6-3)25(33-22)17-24-28(5-2)19-12-8-10-14-21(19)32-24;/h7-17,24H,4-6H2,1-3H3;1H/b22-15-,23-16+,25-17-;. The predicted molar refractivity (Wildman–Crippen MR) is 143 cm³/mol. The second-order valence-corrected chi connectivity index (χ2v) is 11.2. The van der Waals surface area contributed by atoms with Crippen molar-refractivity contribution >= 4 is 58.4 Å². The minimum Gasteiger partial charge on any atom is -1.00 e. The molecule has 1 aromatic heterocycles. The van der Waals surface area contributed by atoms with Gasteiger partial charge < -0.3 is 28.9 Å². The van der Waals surface area contributed by atoms with Crippen LogP contribution < -0.4 is 48.5 Å². The topological polar surface area (TPSA) is 29.7 Å². The molecule has 34 heavy (non-hydrogen) atoms. The Morgan fingerprint density at radius 3 is 2.44 bits per heavy atom. The van der Waals surface area contributed by atoms with Gasteiger partial charge in [-0.2, -0.15) is 0 Å². The molecular weight excluding hydrogens is 593 g/mol. The first-order valence-electron chi connectivity index (χ1n) is 11.4. The zero-order valence-corrected chi connectivity index (χ0v) is 24.1. The number of benzene rings is 2. The average molecular weight is 622 g/mol. The molecule has 0 saturated carbocycles. The molecule has 0 spiro atoms. The number of nitrogens with one attached hydrogen (secondary N) is 1. The molecule has 0 bridgehead atoms. The summed E-state index contributed by atoms with van der Waals surface area (Å²) in [6, 6.07) is 17.1. The molecule has 0 amide bonds. The summed E-state index contributed by atoms with van der Waals surface area (Å²) in [5.41, 5.74) is 2.71. The normalized spacial score (nSPS) is 21.1. The van der Waals surface area contributed by atoms with Crippen LogP contribution in [0.15, 0.2) is 74.2 Å². The van der Waals surface area contributed by atoms with Crippen molar-refractivity contribution in [2.75, 3.05) is 18.0 Å². The Labute approximate surface area is 230 Å². The summed E-state index contributed by atoms with van der Waals surface area (Å²) in [7, 11) is 0. The highest BCUT2D eigenvalue weighted by Gasteiger charge is 2.32. The molecule has 0 aliphatic carbocycles. The Bertz CT molecular complexity index is 1390. The lowest BCUT2D eigenvalue weighted by Gasteiger charge is -2.17. The molecule has 0 fully saturated rings. The van der Waals surface area contributed by atoms with Crippen molar-refractivity contribution in [3.05, 3.63) is 79.2 Å². The van der Waals surface area contributed by atoms with Gasteiger partial charge in [-0.25, -0.2) is 0 Å². The number of fused-ring (bicyclic) bond motifs is 2. The number of rotatable bonds is 5. The summed E-state index contributed by atoms with van der Waals surface area (Å²) >= 11 is 5.27. The number of allylic oxidation sites excluding steroid dienone is 1.